The van der Waals surface area contributed by atoms with Gasteiger partial charge in [-0.25, -0.2) is 4.90 Å². The van der Waals surface area contributed by atoms with Gasteiger partial charge in [-0.1, -0.05) is 75.4 Å². The lowest BCUT2D eigenvalue weighted by Gasteiger charge is -2.31. The number of nitrogens with one attached hydrogen (secondary N) is 1. The number of thiazole rings is 1. The van der Waals surface area contributed by atoms with E-state index in [4.69, 9.17) is 4.74 Å². The molecule has 3 aromatic carbocycles. The van der Waals surface area contributed by atoms with Crippen molar-refractivity contribution < 1.29 is 19.1 Å². The first-order valence-electron chi connectivity index (χ1n) is 12.4. The van der Waals surface area contributed by atoms with E-state index >= 15 is 0 Å². The topological polar surface area (TPSA) is 97.7 Å². The summed E-state index contributed by atoms with van der Waals surface area (Å²) >= 11 is 5.58. The van der Waals surface area contributed by atoms with E-state index in [0.29, 0.717) is 32.6 Å². The van der Waals surface area contributed by atoms with Gasteiger partial charge in [0.1, 0.15) is 17.5 Å². The first-order valence-corrected chi connectivity index (χ1v) is 14.9. The highest BCUT2D eigenvalue weighted by Gasteiger charge is 2.57. The van der Waals surface area contributed by atoms with Crippen LogP contribution in [0.5, 0.6) is 5.75 Å². The van der Waals surface area contributed by atoms with Crippen LogP contribution in [0.3, 0.4) is 0 Å². The van der Waals surface area contributed by atoms with Crippen molar-refractivity contribution in [3.05, 3.63) is 103 Å². The lowest BCUT2D eigenvalue weighted by Crippen LogP contribution is -2.33. The number of imide groups is 1. The molecule has 6 rings (SSSR count). The molecule has 0 unspecified atom stereocenters. The van der Waals surface area contributed by atoms with Crippen molar-refractivity contribution in [2.45, 2.75) is 22.7 Å². The maximum absolute atomic E-state index is 14.0. The Labute approximate surface area is 246 Å². The molecule has 8 nitrogen and oxygen atoms in total. The summed E-state index contributed by atoms with van der Waals surface area (Å²) in [6.45, 7) is -0.221. The second kappa shape index (κ2) is 10.7. The third kappa shape index (κ3) is 4.57. The van der Waals surface area contributed by atoms with Gasteiger partial charge in [0.25, 0.3) is 0 Å². The minimum atomic E-state index is -0.781. The highest BCUT2D eigenvalue weighted by molar-refractivity contribution is 9.10. The summed E-state index contributed by atoms with van der Waals surface area (Å²) in [7, 11) is 1.55. The number of rotatable bonds is 6. The van der Waals surface area contributed by atoms with Crippen molar-refractivity contribution in [3.63, 3.8) is 0 Å². The van der Waals surface area contributed by atoms with E-state index in [2.05, 4.69) is 21.2 Å². The number of aromatic nitrogens is 1. The number of para-hydroxylation sites is 2. The highest BCUT2D eigenvalue weighted by atomic mass is 79.9. The largest absolute Gasteiger partial charge is 0.496 e. The molecule has 0 aliphatic carbocycles. The number of ether oxygens (including phenoxy) is 1. The lowest BCUT2D eigenvalue weighted by atomic mass is 9.82. The molecule has 0 bridgehead atoms. The van der Waals surface area contributed by atoms with Crippen LogP contribution in [0.1, 0.15) is 16.4 Å². The fraction of sp³-hybridized carbons (Fsp3) is 0.172. The van der Waals surface area contributed by atoms with Crippen LogP contribution in [-0.4, -0.2) is 34.6 Å². The number of benzene rings is 3. The van der Waals surface area contributed by atoms with Gasteiger partial charge in [0, 0.05) is 26.5 Å². The van der Waals surface area contributed by atoms with Crippen LogP contribution < -0.4 is 19.8 Å². The summed E-state index contributed by atoms with van der Waals surface area (Å²) in [6, 6.07) is 23.3. The lowest BCUT2D eigenvalue weighted by molar-refractivity contribution is -0.122. The number of carbonyl (C=O) groups excluding carboxylic acids is 3. The van der Waals surface area contributed by atoms with E-state index in [0.717, 1.165) is 15.8 Å². The zero-order valence-electron chi connectivity index (χ0n) is 21.1. The smallest absolute Gasteiger partial charge is 0.308 e. The van der Waals surface area contributed by atoms with Crippen LogP contribution in [0.25, 0.3) is 0 Å². The van der Waals surface area contributed by atoms with Crippen LogP contribution in [0.2, 0.25) is 0 Å². The van der Waals surface area contributed by atoms with Gasteiger partial charge in [-0.2, -0.15) is 0 Å². The second-order valence-electron chi connectivity index (χ2n) is 9.31. The summed E-state index contributed by atoms with van der Waals surface area (Å²) in [5.41, 5.74) is 1.81. The molecule has 3 amide bonds. The maximum atomic E-state index is 14.0. The van der Waals surface area contributed by atoms with E-state index in [1.807, 2.05) is 36.4 Å². The minimum absolute atomic E-state index is 0.221. The molecule has 0 saturated carbocycles. The summed E-state index contributed by atoms with van der Waals surface area (Å²) in [6.07, 6.45) is 0. The number of thioether (sulfide) groups is 1. The Morgan fingerprint density at radius 1 is 0.950 bits per heavy atom. The van der Waals surface area contributed by atoms with E-state index in [1.54, 1.807) is 49.6 Å². The first kappa shape index (κ1) is 26.5. The third-order valence-corrected chi connectivity index (χ3v) is 10.1. The molecule has 4 aromatic rings. The molecule has 2 aliphatic rings. The number of halogens is 1. The molecular formula is C29H22BrN3O5S2. The first-order chi connectivity index (χ1) is 19.4. The zero-order valence-corrected chi connectivity index (χ0v) is 24.3. The molecule has 2 aliphatic heterocycles. The molecule has 1 saturated heterocycles. The van der Waals surface area contributed by atoms with Gasteiger partial charge in [-0.05, 0) is 42.5 Å². The average Bonchev–Trinajstić information content (AvgIpc) is 3.40. The van der Waals surface area contributed by atoms with Gasteiger partial charge >= 0.3 is 4.87 Å². The fourth-order valence-corrected chi connectivity index (χ4v) is 8.25. The Bertz CT molecular complexity index is 1690. The molecule has 40 heavy (non-hydrogen) atoms. The van der Waals surface area contributed by atoms with Gasteiger partial charge in [0.2, 0.25) is 17.7 Å². The molecule has 202 valence electrons. The van der Waals surface area contributed by atoms with Crippen LogP contribution in [0.15, 0.2) is 93.2 Å². The van der Waals surface area contributed by atoms with Gasteiger partial charge in [0.05, 0.1) is 23.7 Å². The molecule has 0 radical (unpaired) electrons. The highest BCUT2D eigenvalue weighted by Crippen LogP contribution is 2.55. The van der Waals surface area contributed by atoms with E-state index < -0.39 is 17.1 Å². The van der Waals surface area contributed by atoms with E-state index in [9.17, 15) is 19.2 Å². The van der Waals surface area contributed by atoms with Gasteiger partial charge in [-0.15, -0.1) is 0 Å². The zero-order chi connectivity index (χ0) is 28.0. The molecule has 1 fully saturated rings. The summed E-state index contributed by atoms with van der Waals surface area (Å²) in [4.78, 5) is 55.6. The maximum Gasteiger partial charge on any atom is 0.308 e. The molecule has 3 atom stereocenters. The Kier molecular flexibility index (Phi) is 7.11. The standard InChI is InChI=1S/C29H22BrN3O5S2/c1-38-20-10-6-5-9-19(20)22-23-24(27(36)33(26(23)35)18-13-11-16(30)12-14-18)39-28-25(22)40-29(37)32(28)15-21(34)31-17-7-3-2-4-8-17/h2-14,22-24H,15H2,1H3,(H,31,34)/t22-,23-,24+/m0/s1. The third-order valence-electron chi connectivity index (χ3n) is 6.97. The van der Waals surface area contributed by atoms with Crippen LogP contribution in [0, 0.1) is 5.92 Å². The van der Waals surface area contributed by atoms with Crippen molar-refractivity contribution in [2.24, 2.45) is 5.92 Å². The number of anilines is 2. The Hall–Kier alpha value is -3.67. The van der Waals surface area contributed by atoms with E-state index in [1.165, 1.54) is 21.2 Å². The number of fused-ring (bicyclic) bond motifs is 2. The van der Waals surface area contributed by atoms with Crippen LogP contribution in [0.4, 0.5) is 11.4 Å². The Balaban J connectivity index is 1.44. The van der Waals surface area contributed by atoms with E-state index in [-0.39, 0.29) is 29.1 Å². The van der Waals surface area contributed by atoms with Crippen LogP contribution >= 0.6 is 39.0 Å². The number of hydrogen-bond acceptors (Lipinski definition) is 7. The van der Waals surface area contributed by atoms with Crippen molar-refractivity contribution in [3.8, 4) is 5.75 Å². The molecular weight excluding hydrogens is 614 g/mol. The van der Waals surface area contributed by atoms with Crippen molar-refractivity contribution in [1.29, 1.82) is 0 Å². The predicted molar refractivity (Wildman–Crippen MR) is 158 cm³/mol. The molecule has 3 heterocycles. The summed E-state index contributed by atoms with van der Waals surface area (Å²) < 4.78 is 7.88. The molecule has 11 heteroatoms. The van der Waals surface area contributed by atoms with Crippen molar-refractivity contribution in [1.82, 2.24) is 4.57 Å². The van der Waals surface area contributed by atoms with Crippen molar-refractivity contribution in [2.75, 3.05) is 17.3 Å². The molecule has 1 aromatic heterocycles. The summed E-state index contributed by atoms with van der Waals surface area (Å²) in [5, 5.41) is 2.56. The quantitative estimate of drug-likeness (QED) is 0.296. The molecule has 0 spiro atoms. The van der Waals surface area contributed by atoms with Gasteiger partial charge in [0.15, 0.2) is 0 Å². The van der Waals surface area contributed by atoms with Gasteiger partial charge in [-0.3, -0.25) is 23.7 Å². The minimum Gasteiger partial charge on any atom is -0.496 e. The summed E-state index contributed by atoms with van der Waals surface area (Å²) in [5.74, 6) is -1.86. The van der Waals surface area contributed by atoms with Gasteiger partial charge < -0.3 is 10.1 Å². The van der Waals surface area contributed by atoms with Crippen molar-refractivity contribution >= 4 is 68.1 Å². The number of amides is 3. The second-order valence-corrected chi connectivity index (χ2v) is 12.3. The number of nitrogens with zero attached hydrogens (tertiary/aromatic N) is 2. The number of hydrogen-bond donors (Lipinski definition) is 1. The normalized spacial score (nSPS) is 19.8. The SMILES string of the molecule is COc1ccccc1[C@@H]1c2sc(=O)n(CC(=O)Nc3ccccc3)c2S[C@H]2C(=O)N(c3ccc(Br)cc3)C(=O)[C@@H]12. The molecule has 1 N–H and O–H groups in total. The predicted octanol–water partition coefficient (Wildman–Crippen LogP) is 5.12. The number of carbonyl (C=O) groups is 3. The number of methoxy groups -OCH3 is 1. The Morgan fingerprint density at radius 2 is 1.65 bits per heavy atom. The fourth-order valence-electron chi connectivity index (χ4n) is 5.22. The monoisotopic (exact) mass is 635 g/mol. The van der Waals surface area contributed by atoms with Crippen LogP contribution in [-0.2, 0) is 20.9 Å². The average molecular weight is 637 g/mol. The Morgan fingerprint density at radius 3 is 2.38 bits per heavy atom.